The van der Waals surface area contributed by atoms with Crippen molar-refractivity contribution >= 4 is 53.4 Å². The van der Waals surface area contributed by atoms with Gasteiger partial charge in [0.05, 0.1) is 17.6 Å². The number of para-hydroxylation sites is 1. The van der Waals surface area contributed by atoms with Crippen molar-refractivity contribution in [2.75, 3.05) is 18.6 Å². The molecule has 0 N–H and O–H groups in total. The van der Waals surface area contributed by atoms with Gasteiger partial charge in [-0.15, -0.1) is 0 Å². The molecule has 0 amide bonds. The Bertz CT molecular complexity index is 341. The summed E-state index contributed by atoms with van der Waals surface area (Å²) in [6.07, 6.45) is 0. The quantitative estimate of drug-likeness (QED) is 0.467. The molecule has 0 fully saturated rings. The lowest BCUT2D eigenvalue weighted by molar-refractivity contribution is -0.110. The van der Waals surface area contributed by atoms with Crippen molar-refractivity contribution in [1.29, 1.82) is 0 Å². The van der Waals surface area contributed by atoms with Crippen molar-refractivity contribution in [1.82, 2.24) is 5.06 Å². The van der Waals surface area contributed by atoms with Gasteiger partial charge in [0, 0.05) is 14.1 Å². The zero-order chi connectivity index (χ0) is 14.2. The summed E-state index contributed by atoms with van der Waals surface area (Å²) in [5.41, 5.74) is 0.629. The number of nitrogens with zero attached hydrogens (tertiary/aromatic N) is 2. The van der Waals surface area contributed by atoms with Gasteiger partial charge in [-0.1, -0.05) is 41.4 Å². The van der Waals surface area contributed by atoms with Crippen LogP contribution in [0, 0.1) is 0 Å². The van der Waals surface area contributed by atoms with Crippen LogP contribution in [0.5, 0.6) is 0 Å². The van der Waals surface area contributed by atoms with Crippen molar-refractivity contribution in [2.24, 2.45) is 0 Å². The fourth-order valence-electron chi connectivity index (χ4n) is 0.909. The highest BCUT2D eigenvalue weighted by Crippen LogP contribution is 2.40. The van der Waals surface area contributed by atoms with Crippen molar-refractivity contribution < 1.29 is 13.5 Å². The van der Waals surface area contributed by atoms with E-state index in [0.29, 0.717) is 17.6 Å². The molecule has 0 unspecified atom stereocenters. The minimum absolute atomic E-state index is 0.517. The Morgan fingerprint density at radius 3 is 2.17 bits per heavy atom. The Balaban J connectivity index is 0.00000137. The zero-order valence-corrected chi connectivity index (χ0v) is 12.7. The SMILES string of the molecule is CN(C)ON(SC(F)(Cl)Cl)c1ccccc1.O=S. The van der Waals surface area contributed by atoms with Gasteiger partial charge in [-0.25, -0.2) is 0 Å². The second-order valence-corrected chi connectivity index (χ2v) is 5.78. The van der Waals surface area contributed by atoms with E-state index in [4.69, 9.17) is 32.3 Å². The highest BCUT2D eigenvalue weighted by atomic mass is 35.5. The molecular weight excluding hydrogens is 322 g/mol. The van der Waals surface area contributed by atoms with Gasteiger partial charge in [-0.2, -0.15) is 23.1 Å². The maximum Gasteiger partial charge on any atom is 0.325 e. The first-order valence-corrected chi connectivity index (χ1v) is 6.38. The molecule has 1 rings (SSSR count). The monoisotopic (exact) mass is 332 g/mol. The molecule has 0 aliphatic rings. The third-order valence-electron chi connectivity index (χ3n) is 1.39. The van der Waals surface area contributed by atoms with E-state index in [1.807, 2.05) is 6.07 Å². The van der Waals surface area contributed by atoms with Gasteiger partial charge in [-0.3, -0.25) is 0 Å². The van der Waals surface area contributed by atoms with E-state index in [2.05, 4.69) is 12.5 Å². The molecule has 102 valence electrons. The molecule has 1 aromatic carbocycles. The molecule has 0 saturated heterocycles. The lowest BCUT2D eigenvalue weighted by Crippen LogP contribution is -2.27. The maximum absolute atomic E-state index is 13.1. The fraction of sp³-hybridized carbons (Fsp3) is 0.333. The molecule has 0 saturated carbocycles. The average Bonchev–Trinajstić information content (AvgIpc) is 2.30. The van der Waals surface area contributed by atoms with Gasteiger partial charge in [0.2, 0.25) is 0 Å². The van der Waals surface area contributed by atoms with Crippen molar-refractivity contribution in [3.8, 4) is 0 Å². The summed E-state index contributed by atoms with van der Waals surface area (Å²) in [6, 6.07) is 8.92. The number of hydroxylamine groups is 2. The molecule has 18 heavy (non-hydrogen) atoms. The van der Waals surface area contributed by atoms with E-state index in [-0.39, 0.29) is 0 Å². The third kappa shape index (κ3) is 8.02. The molecule has 1 aromatic rings. The van der Waals surface area contributed by atoms with Crippen LogP contribution in [-0.2, 0) is 17.5 Å². The molecular formula is C9H11Cl2FN2O2S2. The summed E-state index contributed by atoms with van der Waals surface area (Å²) >= 11 is 13.9. The summed E-state index contributed by atoms with van der Waals surface area (Å²) in [7, 11) is 3.33. The van der Waals surface area contributed by atoms with E-state index in [1.165, 1.54) is 9.53 Å². The van der Waals surface area contributed by atoms with Crippen LogP contribution in [0.1, 0.15) is 0 Å². The van der Waals surface area contributed by atoms with Gasteiger partial charge in [0.15, 0.2) is 12.5 Å². The molecule has 0 atom stereocenters. The number of alkyl halides is 3. The second kappa shape index (κ2) is 8.84. The number of halogens is 3. The van der Waals surface area contributed by atoms with E-state index >= 15 is 0 Å². The van der Waals surface area contributed by atoms with Crippen LogP contribution < -0.4 is 4.47 Å². The van der Waals surface area contributed by atoms with Gasteiger partial charge < -0.3 is 0 Å². The Morgan fingerprint density at radius 2 is 1.78 bits per heavy atom. The Labute approximate surface area is 125 Å². The molecule has 0 aromatic heterocycles. The smallest absolute Gasteiger partial charge is 0.197 e. The number of rotatable bonds is 5. The standard InChI is InChI=1S/C9H11Cl2FN2OS.OS/c1-13(2)15-14(16-9(10,11)12)8-6-4-3-5-7-8;1-2/h3-7H,1-2H3;. The number of hydrogen-bond acceptors (Lipinski definition) is 6. The lowest BCUT2D eigenvalue weighted by Gasteiger charge is -2.26. The summed E-state index contributed by atoms with van der Waals surface area (Å²) in [4.78, 5) is 5.23. The summed E-state index contributed by atoms with van der Waals surface area (Å²) in [5.74, 6) is 0. The molecule has 0 aliphatic heterocycles. The maximum atomic E-state index is 13.1. The first-order valence-electron chi connectivity index (χ1n) is 4.51. The molecule has 0 radical (unpaired) electrons. The largest absolute Gasteiger partial charge is 0.325 e. The normalized spacial score (nSPS) is 10.8. The minimum atomic E-state index is -2.45. The average molecular weight is 333 g/mol. The summed E-state index contributed by atoms with van der Waals surface area (Å²) in [6.45, 7) is 0. The zero-order valence-electron chi connectivity index (χ0n) is 9.55. The van der Waals surface area contributed by atoms with Crippen molar-refractivity contribution in [3.63, 3.8) is 0 Å². The van der Waals surface area contributed by atoms with Crippen molar-refractivity contribution in [3.05, 3.63) is 30.3 Å². The topological polar surface area (TPSA) is 32.8 Å². The minimum Gasteiger partial charge on any atom is -0.197 e. The van der Waals surface area contributed by atoms with Gasteiger partial charge >= 0.3 is 3.92 Å². The number of benzene rings is 1. The van der Waals surface area contributed by atoms with E-state index < -0.39 is 3.92 Å². The van der Waals surface area contributed by atoms with Crippen LogP contribution in [0.2, 0.25) is 0 Å². The number of hydrogen-bond donors (Lipinski definition) is 0. The van der Waals surface area contributed by atoms with Gasteiger partial charge in [-0.05, 0) is 12.1 Å². The Hall–Kier alpha value is -0.180. The van der Waals surface area contributed by atoms with Crippen LogP contribution in [0.4, 0.5) is 10.1 Å². The fourth-order valence-corrected chi connectivity index (χ4v) is 1.87. The molecule has 0 bridgehead atoms. The highest BCUT2D eigenvalue weighted by Gasteiger charge is 2.29. The highest BCUT2D eigenvalue weighted by molar-refractivity contribution is 8.04. The predicted molar refractivity (Wildman–Crippen MR) is 75.0 cm³/mol. The van der Waals surface area contributed by atoms with Crippen LogP contribution in [0.3, 0.4) is 0 Å². The molecule has 0 heterocycles. The second-order valence-electron chi connectivity index (χ2n) is 3.02. The Morgan fingerprint density at radius 1 is 1.28 bits per heavy atom. The van der Waals surface area contributed by atoms with E-state index in [9.17, 15) is 4.39 Å². The summed E-state index contributed by atoms with van der Waals surface area (Å²) < 4.78 is 19.7. The molecule has 9 heteroatoms. The molecule has 0 spiro atoms. The Kier molecular flexibility index (Phi) is 8.75. The molecule has 4 nitrogen and oxygen atoms in total. The third-order valence-corrected chi connectivity index (χ3v) is 2.46. The van der Waals surface area contributed by atoms with Crippen molar-refractivity contribution in [2.45, 2.75) is 3.92 Å². The van der Waals surface area contributed by atoms with Gasteiger partial charge in [0.1, 0.15) is 0 Å². The first-order chi connectivity index (χ1) is 8.38. The first kappa shape index (κ1) is 17.8. The summed E-state index contributed by atoms with van der Waals surface area (Å²) in [5, 5.41) is 1.40. The lowest BCUT2D eigenvalue weighted by atomic mass is 10.3. The van der Waals surface area contributed by atoms with Crippen LogP contribution in [0.25, 0.3) is 0 Å². The van der Waals surface area contributed by atoms with Crippen LogP contribution in [0.15, 0.2) is 30.3 Å². The van der Waals surface area contributed by atoms with E-state index in [0.717, 1.165) is 0 Å². The van der Waals surface area contributed by atoms with E-state index in [1.54, 1.807) is 38.4 Å². The predicted octanol–water partition coefficient (Wildman–Crippen LogP) is 3.27. The van der Waals surface area contributed by atoms with Crippen LogP contribution in [-0.4, -0.2) is 27.3 Å². The van der Waals surface area contributed by atoms with Gasteiger partial charge in [0.25, 0.3) is 0 Å². The number of anilines is 1. The molecule has 0 aliphatic carbocycles. The van der Waals surface area contributed by atoms with Crippen LogP contribution >= 0.6 is 35.1 Å².